The van der Waals surface area contributed by atoms with Crippen molar-refractivity contribution in [3.8, 4) is 11.5 Å². The molecule has 1 atom stereocenters. The van der Waals surface area contributed by atoms with Crippen LogP contribution >= 0.6 is 24.0 Å². The topological polar surface area (TPSA) is 93.2 Å². The normalized spacial score (nSPS) is 15.4. The van der Waals surface area contributed by atoms with Gasteiger partial charge >= 0.3 is 0 Å². The highest BCUT2D eigenvalue weighted by Crippen LogP contribution is 2.24. The lowest BCUT2D eigenvalue weighted by molar-refractivity contribution is -0.124. The Morgan fingerprint density at radius 3 is 2.70 bits per heavy atom. The molecule has 0 bridgehead atoms. The number of amides is 1. The summed E-state index contributed by atoms with van der Waals surface area (Å²) < 4.78 is 16.2. The van der Waals surface area contributed by atoms with Gasteiger partial charge in [-0.2, -0.15) is 0 Å². The van der Waals surface area contributed by atoms with E-state index < -0.39 is 0 Å². The van der Waals surface area contributed by atoms with E-state index in [1.54, 1.807) is 14.2 Å². The van der Waals surface area contributed by atoms with Crippen LogP contribution in [0.4, 0.5) is 5.69 Å². The molecule has 0 radical (unpaired) electrons. The molecule has 9 heteroatoms. The first kappa shape index (κ1) is 26.7. The third-order valence-corrected chi connectivity index (χ3v) is 5.12. The number of nitrogens with one attached hydrogen (secondary N) is 3. The number of halogens is 1. The molecule has 2 aromatic rings. The van der Waals surface area contributed by atoms with E-state index in [1.807, 2.05) is 49.4 Å². The van der Waals surface area contributed by atoms with Crippen LogP contribution in [0.5, 0.6) is 11.5 Å². The second-order valence-electron chi connectivity index (χ2n) is 7.42. The Morgan fingerprint density at radius 2 is 2.00 bits per heavy atom. The Bertz CT molecular complexity index is 932. The monoisotopic (exact) mass is 568 g/mol. The van der Waals surface area contributed by atoms with Gasteiger partial charge in [0.05, 0.1) is 20.8 Å². The van der Waals surface area contributed by atoms with Crippen LogP contribution < -0.4 is 25.4 Å². The van der Waals surface area contributed by atoms with Gasteiger partial charge in [-0.3, -0.25) is 4.79 Å². The van der Waals surface area contributed by atoms with Crippen molar-refractivity contribution in [3.05, 3.63) is 53.6 Å². The van der Waals surface area contributed by atoms with Crippen molar-refractivity contribution < 1.29 is 19.0 Å². The van der Waals surface area contributed by atoms with Crippen LogP contribution in [0.3, 0.4) is 0 Å². The number of ether oxygens (including phenoxy) is 3. The number of nitrogens with zero attached hydrogens (tertiary/aromatic N) is 1. The van der Waals surface area contributed by atoms with E-state index in [9.17, 15) is 4.79 Å². The number of carbonyl (C=O) groups is 1. The molecule has 1 amide bonds. The fourth-order valence-corrected chi connectivity index (χ4v) is 3.44. The minimum atomic E-state index is -0.351. The van der Waals surface area contributed by atoms with E-state index in [1.165, 1.54) is 0 Å². The number of benzene rings is 2. The maximum Gasteiger partial charge on any atom is 0.253 e. The molecule has 33 heavy (non-hydrogen) atoms. The van der Waals surface area contributed by atoms with Crippen LogP contribution in [0.25, 0.3) is 0 Å². The molecule has 0 aliphatic carbocycles. The van der Waals surface area contributed by atoms with Crippen LogP contribution in [0.1, 0.15) is 30.9 Å². The van der Waals surface area contributed by atoms with Crippen molar-refractivity contribution in [2.45, 2.75) is 39.0 Å². The van der Waals surface area contributed by atoms with Crippen molar-refractivity contribution in [2.75, 3.05) is 32.7 Å². The van der Waals surface area contributed by atoms with Gasteiger partial charge in [-0.1, -0.05) is 12.1 Å². The SMILES string of the molecule is CCNC(=NCc1cccc(NC(=O)C2CCCO2)c1)NCc1ccc(OC)cc1OC.I. The van der Waals surface area contributed by atoms with Gasteiger partial charge in [0.2, 0.25) is 0 Å². The molecule has 1 unspecified atom stereocenters. The summed E-state index contributed by atoms with van der Waals surface area (Å²) in [6, 6.07) is 13.4. The van der Waals surface area contributed by atoms with Crippen LogP contribution in [-0.4, -0.2) is 45.3 Å². The molecule has 3 rings (SSSR count). The standard InChI is InChI=1S/C24H32N4O4.HI/c1-4-25-24(27-16-18-10-11-20(30-2)14-22(18)31-3)26-15-17-7-5-8-19(13-17)28-23(29)21-9-6-12-32-21;/h5,7-8,10-11,13-14,21H,4,6,9,12,15-16H2,1-3H3,(H,28,29)(H2,25,26,27);1H. The molecule has 0 saturated carbocycles. The van der Waals surface area contributed by atoms with Gasteiger partial charge in [0, 0.05) is 37.0 Å². The summed E-state index contributed by atoms with van der Waals surface area (Å²) in [5.41, 5.74) is 2.74. The van der Waals surface area contributed by atoms with Crippen molar-refractivity contribution in [3.63, 3.8) is 0 Å². The molecule has 0 spiro atoms. The average Bonchev–Trinajstić information content (AvgIpc) is 3.36. The summed E-state index contributed by atoms with van der Waals surface area (Å²) in [6.07, 6.45) is 1.35. The van der Waals surface area contributed by atoms with E-state index in [2.05, 4.69) is 20.9 Å². The van der Waals surface area contributed by atoms with E-state index in [4.69, 9.17) is 14.2 Å². The van der Waals surface area contributed by atoms with Crippen molar-refractivity contribution in [2.24, 2.45) is 4.99 Å². The van der Waals surface area contributed by atoms with E-state index >= 15 is 0 Å². The number of methoxy groups -OCH3 is 2. The summed E-state index contributed by atoms with van der Waals surface area (Å²) in [5, 5.41) is 9.53. The van der Waals surface area contributed by atoms with E-state index in [-0.39, 0.29) is 36.0 Å². The molecular weight excluding hydrogens is 535 g/mol. The van der Waals surface area contributed by atoms with E-state index in [0.29, 0.717) is 25.7 Å². The number of hydrogen-bond donors (Lipinski definition) is 3. The highest BCUT2D eigenvalue weighted by atomic mass is 127. The largest absolute Gasteiger partial charge is 0.497 e. The number of anilines is 1. The number of carbonyl (C=O) groups excluding carboxylic acids is 1. The molecule has 3 N–H and O–H groups in total. The Kier molecular flexibility index (Phi) is 11.2. The van der Waals surface area contributed by atoms with Gasteiger partial charge in [0.25, 0.3) is 5.91 Å². The molecule has 1 heterocycles. The molecule has 1 fully saturated rings. The molecule has 1 aliphatic rings. The second kappa shape index (κ2) is 13.9. The maximum atomic E-state index is 12.3. The van der Waals surface area contributed by atoms with Crippen LogP contribution in [-0.2, 0) is 22.6 Å². The number of aliphatic imine (C=N–C) groups is 1. The molecular formula is C24H33IN4O4. The predicted molar refractivity (Wildman–Crippen MR) is 141 cm³/mol. The molecule has 180 valence electrons. The first-order valence-electron chi connectivity index (χ1n) is 10.9. The highest BCUT2D eigenvalue weighted by Gasteiger charge is 2.23. The Morgan fingerprint density at radius 1 is 1.15 bits per heavy atom. The fourth-order valence-electron chi connectivity index (χ4n) is 3.44. The van der Waals surface area contributed by atoms with Gasteiger partial charge < -0.3 is 30.2 Å². The number of hydrogen-bond acceptors (Lipinski definition) is 5. The van der Waals surface area contributed by atoms with Gasteiger partial charge in [0.1, 0.15) is 17.6 Å². The average molecular weight is 568 g/mol. The molecule has 1 aliphatic heterocycles. The predicted octanol–water partition coefficient (Wildman–Crippen LogP) is 3.69. The quantitative estimate of drug-likeness (QED) is 0.243. The Balaban J connectivity index is 0.00000385. The van der Waals surface area contributed by atoms with Gasteiger partial charge in [-0.15, -0.1) is 24.0 Å². The molecule has 1 saturated heterocycles. The summed E-state index contributed by atoms with van der Waals surface area (Å²) in [7, 11) is 3.27. The van der Waals surface area contributed by atoms with Crippen LogP contribution in [0.15, 0.2) is 47.5 Å². The van der Waals surface area contributed by atoms with Crippen molar-refractivity contribution in [1.82, 2.24) is 10.6 Å². The minimum absolute atomic E-state index is 0. The first-order chi connectivity index (χ1) is 15.6. The number of rotatable bonds is 9. The fraction of sp³-hybridized carbons (Fsp3) is 0.417. The van der Waals surface area contributed by atoms with E-state index in [0.717, 1.165) is 47.7 Å². The first-order valence-corrected chi connectivity index (χ1v) is 10.9. The van der Waals surface area contributed by atoms with Crippen molar-refractivity contribution in [1.29, 1.82) is 0 Å². The third-order valence-electron chi connectivity index (χ3n) is 5.12. The Hall–Kier alpha value is -2.53. The lowest BCUT2D eigenvalue weighted by Gasteiger charge is -2.14. The van der Waals surface area contributed by atoms with Crippen LogP contribution in [0.2, 0.25) is 0 Å². The minimum Gasteiger partial charge on any atom is -0.497 e. The molecule has 0 aromatic heterocycles. The van der Waals surface area contributed by atoms with Gasteiger partial charge in [-0.25, -0.2) is 4.99 Å². The molecule has 2 aromatic carbocycles. The zero-order valence-electron chi connectivity index (χ0n) is 19.3. The third kappa shape index (κ3) is 8.08. The van der Waals surface area contributed by atoms with Gasteiger partial charge in [-0.05, 0) is 49.6 Å². The maximum absolute atomic E-state index is 12.3. The number of guanidine groups is 1. The zero-order valence-corrected chi connectivity index (χ0v) is 21.7. The second-order valence-corrected chi connectivity index (χ2v) is 7.42. The summed E-state index contributed by atoms with van der Waals surface area (Å²) in [4.78, 5) is 17.0. The summed E-state index contributed by atoms with van der Waals surface area (Å²) >= 11 is 0. The molecule has 8 nitrogen and oxygen atoms in total. The van der Waals surface area contributed by atoms with Crippen LogP contribution in [0, 0.1) is 0 Å². The van der Waals surface area contributed by atoms with Gasteiger partial charge in [0.15, 0.2) is 5.96 Å². The smallest absolute Gasteiger partial charge is 0.253 e. The lowest BCUT2D eigenvalue weighted by atomic mass is 10.2. The lowest BCUT2D eigenvalue weighted by Crippen LogP contribution is -2.36. The zero-order chi connectivity index (χ0) is 22.8. The highest BCUT2D eigenvalue weighted by molar-refractivity contribution is 14.0. The Labute approximate surface area is 212 Å². The van der Waals surface area contributed by atoms with Crippen molar-refractivity contribution >= 4 is 41.5 Å². The summed E-state index contributed by atoms with van der Waals surface area (Å²) in [5.74, 6) is 2.10. The summed E-state index contributed by atoms with van der Waals surface area (Å²) in [6.45, 7) is 4.43.